The maximum absolute atomic E-state index is 9.54. The van der Waals surface area contributed by atoms with E-state index in [1.165, 1.54) is 9.13 Å². The van der Waals surface area contributed by atoms with E-state index in [-0.39, 0.29) is 0 Å². The topological polar surface area (TPSA) is 20.2 Å². The van der Waals surface area contributed by atoms with Gasteiger partial charge in [0.25, 0.3) is 0 Å². The van der Waals surface area contributed by atoms with E-state index in [9.17, 15) is 5.11 Å². The lowest BCUT2D eigenvalue weighted by molar-refractivity contribution is 0.0810. The van der Waals surface area contributed by atoms with E-state index in [2.05, 4.69) is 46.9 Å². The highest BCUT2D eigenvalue weighted by atomic mass is 127. The zero-order valence-electron chi connectivity index (χ0n) is 7.34. The van der Waals surface area contributed by atoms with Crippen molar-refractivity contribution >= 4 is 22.6 Å². The van der Waals surface area contributed by atoms with Crippen LogP contribution in [0.4, 0.5) is 0 Å². The van der Waals surface area contributed by atoms with Gasteiger partial charge in [-0.25, -0.2) is 0 Å². The molecule has 0 unspecified atom stereocenters. The molecule has 0 aliphatic carbocycles. The van der Waals surface area contributed by atoms with Crippen LogP contribution < -0.4 is 0 Å². The fraction of sp³-hybridized carbons (Fsp3) is 0.400. The highest BCUT2D eigenvalue weighted by Crippen LogP contribution is 2.13. The molecule has 0 aliphatic rings. The molecule has 2 heteroatoms. The average Bonchev–Trinajstić information content (AvgIpc) is 1.91. The van der Waals surface area contributed by atoms with Gasteiger partial charge in [-0.3, -0.25) is 0 Å². The van der Waals surface area contributed by atoms with Crippen LogP contribution in [0, 0.1) is 3.57 Å². The molecule has 1 aromatic rings. The van der Waals surface area contributed by atoms with Crippen LogP contribution in [-0.2, 0) is 6.42 Å². The number of halogens is 1. The van der Waals surface area contributed by atoms with Crippen LogP contribution in [-0.4, -0.2) is 10.7 Å². The molecular formula is C10H13IO. The summed E-state index contributed by atoms with van der Waals surface area (Å²) < 4.78 is 1.23. The van der Waals surface area contributed by atoms with Gasteiger partial charge in [-0.2, -0.15) is 0 Å². The summed E-state index contributed by atoms with van der Waals surface area (Å²) >= 11 is 2.27. The Morgan fingerprint density at radius 2 is 1.75 bits per heavy atom. The molecule has 0 saturated carbocycles. The van der Waals surface area contributed by atoms with E-state index in [0.29, 0.717) is 6.42 Å². The molecule has 0 aliphatic heterocycles. The van der Waals surface area contributed by atoms with Gasteiger partial charge in [0.1, 0.15) is 0 Å². The third kappa shape index (κ3) is 3.54. The summed E-state index contributed by atoms with van der Waals surface area (Å²) in [7, 11) is 0. The van der Waals surface area contributed by atoms with Crippen LogP contribution in [0.5, 0.6) is 0 Å². The Kier molecular flexibility index (Phi) is 3.12. The molecule has 0 saturated heterocycles. The Morgan fingerprint density at radius 3 is 2.17 bits per heavy atom. The van der Waals surface area contributed by atoms with Crippen molar-refractivity contribution in [3.63, 3.8) is 0 Å². The number of benzene rings is 1. The normalized spacial score (nSPS) is 11.7. The van der Waals surface area contributed by atoms with Gasteiger partial charge in [-0.1, -0.05) is 12.1 Å². The van der Waals surface area contributed by atoms with Crippen molar-refractivity contribution in [1.82, 2.24) is 0 Å². The van der Waals surface area contributed by atoms with Crippen LogP contribution in [0.2, 0.25) is 0 Å². The summed E-state index contributed by atoms with van der Waals surface area (Å²) in [5.74, 6) is 0. The minimum Gasteiger partial charge on any atom is -0.390 e. The van der Waals surface area contributed by atoms with Crippen molar-refractivity contribution in [2.75, 3.05) is 0 Å². The van der Waals surface area contributed by atoms with E-state index in [4.69, 9.17) is 0 Å². The van der Waals surface area contributed by atoms with E-state index in [1.54, 1.807) is 0 Å². The molecule has 0 amide bonds. The molecule has 0 bridgehead atoms. The summed E-state index contributed by atoms with van der Waals surface area (Å²) in [4.78, 5) is 0. The van der Waals surface area contributed by atoms with E-state index in [1.807, 2.05) is 13.8 Å². The molecule has 1 N–H and O–H groups in total. The van der Waals surface area contributed by atoms with Crippen molar-refractivity contribution in [1.29, 1.82) is 0 Å². The summed E-state index contributed by atoms with van der Waals surface area (Å²) in [6, 6.07) is 8.22. The van der Waals surface area contributed by atoms with Gasteiger partial charge in [0.2, 0.25) is 0 Å². The summed E-state index contributed by atoms with van der Waals surface area (Å²) in [5, 5.41) is 9.54. The molecule has 1 rings (SSSR count). The zero-order valence-corrected chi connectivity index (χ0v) is 9.50. The molecule has 0 aromatic heterocycles. The molecule has 0 atom stereocenters. The van der Waals surface area contributed by atoms with Crippen molar-refractivity contribution in [2.45, 2.75) is 25.9 Å². The fourth-order valence-electron chi connectivity index (χ4n) is 1.10. The molecule has 1 aromatic carbocycles. The van der Waals surface area contributed by atoms with Gasteiger partial charge >= 0.3 is 0 Å². The highest BCUT2D eigenvalue weighted by Gasteiger charge is 2.12. The lowest BCUT2D eigenvalue weighted by Gasteiger charge is -2.16. The smallest absolute Gasteiger partial charge is 0.0631 e. The second-order valence-corrected chi connectivity index (χ2v) is 4.86. The largest absolute Gasteiger partial charge is 0.390 e. The molecule has 1 nitrogen and oxygen atoms in total. The standard InChI is InChI=1S/C10H13IO/c1-10(2,12)7-8-3-5-9(11)6-4-8/h3-6,12H,7H2,1-2H3. The van der Waals surface area contributed by atoms with Gasteiger partial charge in [0.05, 0.1) is 5.60 Å². The molecule has 66 valence electrons. The van der Waals surface area contributed by atoms with Crippen molar-refractivity contribution < 1.29 is 5.11 Å². The Morgan fingerprint density at radius 1 is 1.25 bits per heavy atom. The highest BCUT2D eigenvalue weighted by molar-refractivity contribution is 14.1. The molecule has 0 heterocycles. The van der Waals surface area contributed by atoms with Gasteiger partial charge in [-0.15, -0.1) is 0 Å². The number of hydrogen-bond donors (Lipinski definition) is 1. The second kappa shape index (κ2) is 3.75. The van der Waals surface area contributed by atoms with Gasteiger partial charge in [-0.05, 0) is 54.1 Å². The van der Waals surface area contributed by atoms with E-state index in [0.717, 1.165) is 0 Å². The third-order valence-electron chi connectivity index (χ3n) is 1.55. The number of aliphatic hydroxyl groups is 1. The van der Waals surface area contributed by atoms with Crippen LogP contribution >= 0.6 is 22.6 Å². The second-order valence-electron chi connectivity index (χ2n) is 3.62. The Bertz CT molecular complexity index is 246. The molecular weight excluding hydrogens is 263 g/mol. The first-order valence-electron chi connectivity index (χ1n) is 3.94. The Balaban J connectivity index is 2.71. The van der Waals surface area contributed by atoms with Gasteiger partial charge in [0, 0.05) is 9.99 Å². The van der Waals surface area contributed by atoms with E-state index >= 15 is 0 Å². The van der Waals surface area contributed by atoms with Crippen molar-refractivity contribution in [3.05, 3.63) is 33.4 Å². The molecule has 0 radical (unpaired) electrons. The molecule has 12 heavy (non-hydrogen) atoms. The Hall–Kier alpha value is -0.0900. The monoisotopic (exact) mass is 276 g/mol. The average molecular weight is 276 g/mol. The first-order valence-corrected chi connectivity index (χ1v) is 5.02. The maximum Gasteiger partial charge on any atom is 0.0631 e. The quantitative estimate of drug-likeness (QED) is 0.823. The van der Waals surface area contributed by atoms with Gasteiger partial charge < -0.3 is 5.11 Å². The fourth-order valence-corrected chi connectivity index (χ4v) is 1.46. The first kappa shape index (κ1) is 9.99. The van der Waals surface area contributed by atoms with Crippen LogP contribution in [0.3, 0.4) is 0 Å². The molecule has 0 spiro atoms. The van der Waals surface area contributed by atoms with Crippen molar-refractivity contribution in [3.8, 4) is 0 Å². The lowest BCUT2D eigenvalue weighted by Crippen LogP contribution is -2.21. The van der Waals surface area contributed by atoms with Crippen LogP contribution in [0.25, 0.3) is 0 Å². The maximum atomic E-state index is 9.54. The summed E-state index contributed by atoms with van der Waals surface area (Å²) in [6.45, 7) is 3.65. The SMILES string of the molecule is CC(C)(O)Cc1ccc(I)cc1. The lowest BCUT2D eigenvalue weighted by atomic mass is 9.99. The van der Waals surface area contributed by atoms with Crippen LogP contribution in [0.15, 0.2) is 24.3 Å². The third-order valence-corrected chi connectivity index (χ3v) is 2.27. The van der Waals surface area contributed by atoms with Crippen molar-refractivity contribution in [2.24, 2.45) is 0 Å². The van der Waals surface area contributed by atoms with Gasteiger partial charge in [0.15, 0.2) is 0 Å². The number of hydrogen-bond acceptors (Lipinski definition) is 1. The Labute approximate surface area is 86.9 Å². The minimum atomic E-state index is -0.604. The van der Waals surface area contributed by atoms with Crippen LogP contribution in [0.1, 0.15) is 19.4 Å². The summed E-state index contributed by atoms with van der Waals surface area (Å²) in [6.07, 6.45) is 0.712. The predicted molar refractivity (Wildman–Crippen MR) is 59.2 cm³/mol. The predicted octanol–water partition coefficient (Wildman–Crippen LogP) is 2.60. The molecule has 0 fully saturated rings. The number of rotatable bonds is 2. The van der Waals surface area contributed by atoms with E-state index < -0.39 is 5.60 Å². The zero-order chi connectivity index (χ0) is 9.19. The summed E-state index contributed by atoms with van der Waals surface area (Å²) in [5.41, 5.74) is 0.579. The first-order chi connectivity index (χ1) is 5.47. The minimum absolute atomic E-state index is 0.604.